The first-order valence-electron chi connectivity index (χ1n) is 7.16. The molecule has 0 unspecified atom stereocenters. The lowest BCUT2D eigenvalue weighted by atomic mass is 9.45. The summed E-state index contributed by atoms with van der Waals surface area (Å²) >= 11 is 0. The van der Waals surface area contributed by atoms with Gasteiger partial charge in [-0.15, -0.1) is 0 Å². The van der Waals surface area contributed by atoms with Crippen LogP contribution in [-0.2, 0) is 4.79 Å². The summed E-state index contributed by atoms with van der Waals surface area (Å²) < 4.78 is 0. The summed E-state index contributed by atoms with van der Waals surface area (Å²) in [6.07, 6.45) is 2.36. The van der Waals surface area contributed by atoms with Crippen LogP contribution in [0.4, 0.5) is 5.69 Å². The maximum Gasteiger partial charge on any atom is 0.270 e. The molecule has 0 spiro atoms. The molecule has 0 aliphatic carbocycles. The van der Waals surface area contributed by atoms with Gasteiger partial charge in [0, 0.05) is 24.6 Å². The van der Waals surface area contributed by atoms with E-state index in [4.69, 9.17) is 5.26 Å². The van der Waals surface area contributed by atoms with Crippen LogP contribution >= 0.6 is 0 Å². The first-order valence-corrected chi connectivity index (χ1v) is 7.16. The lowest BCUT2D eigenvalue weighted by molar-refractivity contribution is -0.116. The van der Waals surface area contributed by atoms with Crippen LogP contribution in [0.15, 0.2) is 24.3 Å². The Bertz CT molecular complexity index is 504. The molecule has 1 fully saturated rings. The molecule has 0 saturated carbocycles. The van der Waals surface area contributed by atoms with E-state index >= 15 is 0 Å². The van der Waals surface area contributed by atoms with E-state index in [0.717, 1.165) is 43.5 Å². The Morgan fingerprint density at radius 2 is 2.20 bits per heavy atom. The molecule has 4 nitrogen and oxygen atoms in total. The Morgan fingerprint density at radius 3 is 2.85 bits per heavy atom. The number of nitriles is 1. The average molecular weight is 269 g/mol. The predicted molar refractivity (Wildman–Crippen MR) is 81.8 cm³/mol. The highest BCUT2D eigenvalue weighted by atomic mass is 16.1. The minimum absolute atomic E-state index is 0.0537. The van der Waals surface area contributed by atoms with Crippen molar-refractivity contribution in [3.05, 3.63) is 29.8 Å². The van der Waals surface area contributed by atoms with Crippen LogP contribution in [0.3, 0.4) is 0 Å². The maximum absolute atomic E-state index is 11.9. The van der Waals surface area contributed by atoms with E-state index in [1.165, 1.54) is 0 Å². The van der Waals surface area contributed by atoms with Crippen molar-refractivity contribution in [2.45, 2.75) is 26.0 Å². The van der Waals surface area contributed by atoms with E-state index in [1.807, 2.05) is 31.2 Å². The number of benzene rings is 1. The summed E-state index contributed by atoms with van der Waals surface area (Å²) in [7, 11) is 0. The topological polar surface area (TPSA) is 56.1 Å². The summed E-state index contributed by atoms with van der Waals surface area (Å²) in [5.74, 6) is 2.38. The van der Waals surface area contributed by atoms with Crippen molar-refractivity contribution in [2.24, 2.45) is 0 Å². The van der Waals surface area contributed by atoms with Crippen molar-refractivity contribution in [1.82, 2.24) is 4.90 Å². The average Bonchev–Trinajstić information content (AvgIpc) is 2.46. The molecule has 1 amide bonds. The molecule has 0 bridgehead atoms. The quantitative estimate of drug-likeness (QED) is 0.852. The third-order valence-corrected chi connectivity index (χ3v) is 3.73. The van der Waals surface area contributed by atoms with Gasteiger partial charge >= 0.3 is 0 Å². The Labute approximate surface area is 120 Å². The zero-order chi connectivity index (χ0) is 14.4. The largest absolute Gasteiger partial charge is 0.326 e. The first kappa shape index (κ1) is 14.6. The highest BCUT2D eigenvalue weighted by molar-refractivity contribution is 6.67. The van der Waals surface area contributed by atoms with Crippen LogP contribution in [0, 0.1) is 18.2 Å². The predicted octanol–water partition coefficient (Wildman–Crippen LogP) is 2.20. The first-order chi connectivity index (χ1) is 9.67. The van der Waals surface area contributed by atoms with Gasteiger partial charge in [-0.2, -0.15) is 0 Å². The van der Waals surface area contributed by atoms with Gasteiger partial charge < -0.3 is 10.2 Å². The molecule has 104 valence electrons. The second-order valence-electron chi connectivity index (χ2n) is 5.41. The van der Waals surface area contributed by atoms with E-state index in [0.29, 0.717) is 6.42 Å². The minimum Gasteiger partial charge on any atom is -0.326 e. The zero-order valence-electron chi connectivity index (χ0n) is 11.9. The van der Waals surface area contributed by atoms with Crippen molar-refractivity contribution >= 4 is 18.3 Å². The Morgan fingerprint density at radius 1 is 1.45 bits per heavy atom. The van der Waals surface area contributed by atoms with E-state index < -0.39 is 0 Å². The van der Waals surface area contributed by atoms with Gasteiger partial charge in [-0.3, -0.25) is 4.79 Å². The summed E-state index contributed by atoms with van der Waals surface area (Å²) in [6.45, 7) is 4.84. The van der Waals surface area contributed by atoms with Gasteiger partial charge in [0.1, 0.15) is 0 Å². The fourth-order valence-corrected chi connectivity index (χ4v) is 2.49. The summed E-state index contributed by atoms with van der Waals surface area (Å²) in [5.41, 5.74) is 2.00. The van der Waals surface area contributed by atoms with E-state index in [2.05, 4.69) is 16.2 Å². The number of nitrogens with one attached hydrogen (secondary N) is 1. The third kappa shape index (κ3) is 4.39. The molecule has 2 rings (SSSR count). The molecule has 1 aliphatic heterocycles. The van der Waals surface area contributed by atoms with Crippen LogP contribution in [0.2, 0.25) is 12.6 Å². The summed E-state index contributed by atoms with van der Waals surface area (Å²) in [4.78, 5) is 14.2. The Balaban J connectivity index is 1.72. The summed E-state index contributed by atoms with van der Waals surface area (Å²) in [6, 6.07) is 7.83. The molecule has 1 saturated heterocycles. The summed E-state index contributed by atoms with van der Waals surface area (Å²) in [5, 5.41) is 11.8. The number of hydrogen-bond acceptors (Lipinski definition) is 3. The highest BCUT2D eigenvalue weighted by Gasteiger charge is 2.22. The second-order valence-corrected chi connectivity index (χ2v) is 5.41. The number of carbonyl (C=O) groups excluding carboxylic acids is 1. The molecule has 1 aromatic carbocycles. The van der Waals surface area contributed by atoms with Crippen LogP contribution in [-0.4, -0.2) is 37.2 Å². The lowest BCUT2D eigenvalue weighted by Gasteiger charge is -2.27. The third-order valence-electron chi connectivity index (χ3n) is 3.73. The smallest absolute Gasteiger partial charge is 0.270 e. The van der Waals surface area contributed by atoms with Gasteiger partial charge in [0.25, 0.3) is 6.71 Å². The molecule has 0 radical (unpaired) electrons. The molecule has 0 atom stereocenters. The number of rotatable bonds is 4. The molecule has 1 aliphatic rings. The van der Waals surface area contributed by atoms with Gasteiger partial charge in [-0.05, 0) is 50.3 Å². The van der Waals surface area contributed by atoms with Crippen molar-refractivity contribution in [1.29, 1.82) is 5.26 Å². The van der Waals surface area contributed by atoms with Crippen molar-refractivity contribution in [2.75, 3.05) is 25.0 Å². The standard InChI is InChI=1S/C15H20BN3O/c1-13-3-2-4-14(11-13)18-15(20)5-8-19-9-6-16(12-17)7-10-19/h2-4,11H,5-10H2,1H3,(H,18,20). The Kier molecular flexibility index (Phi) is 5.20. The Hall–Kier alpha value is -1.80. The van der Waals surface area contributed by atoms with Crippen molar-refractivity contribution in [3.8, 4) is 5.97 Å². The van der Waals surface area contributed by atoms with Gasteiger partial charge in [0.2, 0.25) is 5.91 Å². The molecule has 0 aromatic heterocycles. The number of anilines is 1. The number of carbonyl (C=O) groups is 1. The second kappa shape index (κ2) is 7.11. The van der Waals surface area contributed by atoms with Gasteiger partial charge in [-0.25, -0.2) is 5.26 Å². The molecule has 1 aromatic rings. The van der Waals surface area contributed by atoms with Gasteiger partial charge in [-0.1, -0.05) is 12.1 Å². The molecule has 20 heavy (non-hydrogen) atoms. The zero-order valence-corrected chi connectivity index (χ0v) is 11.9. The number of hydrogen-bond donors (Lipinski definition) is 1. The van der Waals surface area contributed by atoms with Gasteiger partial charge in [0.05, 0.1) is 0 Å². The normalized spacial score (nSPS) is 15.7. The molecule has 1 heterocycles. The van der Waals surface area contributed by atoms with Crippen LogP contribution in [0.25, 0.3) is 0 Å². The fraction of sp³-hybridized carbons (Fsp3) is 0.467. The number of amides is 1. The molecular formula is C15H20BN3O. The van der Waals surface area contributed by atoms with E-state index in [-0.39, 0.29) is 12.6 Å². The maximum atomic E-state index is 11.9. The van der Waals surface area contributed by atoms with E-state index in [1.54, 1.807) is 0 Å². The molecular weight excluding hydrogens is 249 g/mol. The van der Waals surface area contributed by atoms with Gasteiger partial charge in [0.15, 0.2) is 0 Å². The van der Waals surface area contributed by atoms with E-state index in [9.17, 15) is 4.79 Å². The van der Waals surface area contributed by atoms with Crippen LogP contribution in [0.1, 0.15) is 12.0 Å². The minimum atomic E-state index is 0.0537. The number of aryl methyl sites for hydroxylation is 1. The lowest BCUT2D eigenvalue weighted by Crippen LogP contribution is -2.38. The monoisotopic (exact) mass is 269 g/mol. The molecule has 1 N–H and O–H groups in total. The molecule has 5 heteroatoms. The number of nitrogens with zero attached hydrogens (tertiary/aromatic N) is 2. The fourth-order valence-electron chi connectivity index (χ4n) is 2.49. The SMILES string of the molecule is Cc1cccc(NC(=O)CCN2CCB(C#N)CC2)c1. The van der Waals surface area contributed by atoms with Crippen LogP contribution in [0.5, 0.6) is 0 Å². The van der Waals surface area contributed by atoms with Crippen molar-refractivity contribution in [3.63, 3.8) is 0 Å². The van der Waals surface area contributed by atoms with Crippen molar-refractivity contribution < 1.29 is 4.79 Å². The highest BCUT2D eigenvalue weighted by Crippen LogP contribution is 2.12. The van der Waals surface area contributed by atoms with Crippen LogP contribution < -0.4 is 5.32 Å².